The van der Waals surface area contributed by atoms with Crippen LogP contribution in [0, 0.1) is 17.0 Å². The zero-order valence-corrected chi connectivity index (χ0v) is 17.7. The van der Waals surface area contributed by atoms with Gasteiger partial charge in [0.15, 0.2) is 0 Å². The molecule has 1 N–H and O–H groups in total. The fourth-order valence-electron chi connectivity index (χ4n) is 3.03. The molecule has 9 heteroatoms. The van der Waals surface area contributed by atoms with Gasteiger partial charge in [-0.3, -0.25) is 14.9 Å². The van der Waals surface area contributed by atoms with E-state index < -0.39 is 20.9 Å². The molecule has 2 aromatic carbocycles. The lowest BCUT2D eigenvalue weighted by molar-refractivity contribution is -0.385. The van der Waals surface area contributed by atoms with E-state index in [0.717, 1.165) is 0 Å². The second-order valence-electron chi connectivity index (χ2n) is 6.47. The summed E-state index contributed by atoms with van der Waals surface area (Å²) < 4.78 is 26.8. The summed E-state index contributed by atoms with van der Waals surface area (Å²) in [5.74, 6) is -0.530. The second kappa shape index (κ2) is 9.15. The van der Waals surface area contributed by atoms with Gasteiger partial charge in [-0.2, -0.15) is 4.31 Å². The molecule has 0 aliphatic carbocycles. The first-order chi connectivity index (χ1) is 13.6. The van der Waals surface area contributed by atoms with Crippen molar-refractivity contribution in [3.05, 3.63) is 63.2 Å². The number of rotatable bonds is 8. The SMILES string of the molecule is CCc1ccc(NC(=O)c2cc(S(=O)(=O)N(CC)CC)ccc2C)cc1[N+](=O)[O-]. The Bertz CT molecular complexity index is 1030. The second-order valence-corrected chi connectivity index (χ2v) is 8.41. The first-order valence-corrected chi connectivity index (χ1v) is 10.8. The average Bonchev–Trinajstić information content (AvgIpc) is 2.68. The van der Waals surface area contributed by atoms with E-state index >= 15 is 0 Å². The van der Waals surface area contributed by atoms with Crippen LogP contribution in [-0.2, 0) is 16.4 Å². The Morgan fingerprint density at radius 3 is 2.31 bits per heavy atom. The van der Waals surface area contributed by atoms with Gasteiger partial charge < -0.3 is 5.32 Å². The van der Waals surface area contributed by atoms with E-state index in [2.05, 4.69) is 5.32 Å². The third-order valence-corrected chi connectivity index (χ3v) is 6.76. The van der Waals surface area contributed by atoms with Gasteiger partial charge in [0.1, 0.15) is 0 Å². The maximum Gasteiger partial charge on any atom is 0.274 e. The summed E-state index contributed by atoms with van der Waals surface area (Å²) in [6.07, 6.45) is 0.495. The molecule has 0 aliphatic heterocycles. The summed E-state index contributed by atoms with van der Waals surface area (Å²) in [6.45, 7) is 7.64. The van der Waals surface area contributed by atoms with Crippen molar-refractivity contribution in [2.24, 2.45) is 0 Å². The summed E-state index contributed by atoms with van der Waals surface area (Å²) in [7, 11) is -3.71. The smallest absolute Gasteiger partial charge is 0.274 e. The number of nitro benzene ring substituents is 1. The summed E-state index contributed by atoms with van der Waals surface area (Å²) >= 11 is 0. The third-order valence-electron chi connectivity index (χ3n) is 4.72. The molecular formula is C20H25N3O5S. The maximum atomic E-state index is 12.8. The van der Waals surface area contributed by atoms with E-state index in [1.165, 1.54) is 22.5 Å². The monoisotopic (exact) mass is 419 g/mol. The summed E-state index contributed by atoms with van der Waals surface area (Å²) in [6, 6.07) is 8.89. The molecule has 0 bridgehead atoms. The van der Waals surface area contributed by atoms with Gasteiger partial charge in [-0.25, -0.2) is 8.42 Å². The van der Waals surface area contributed by atoms with Gasteiger partial charge in [0.05, 0.1) is 9.82 Å². The number of benzene rings is 2. The Kier molecular flexibility index (Phi) is 7.10. The maximum absolute atomic E-state index is 12.8. The Morgan fingerprint density at radius 2 is 1.76 bits per heavy atom. The van der Waals surface area contributed by atoms with Gasteiger partial charge >= 0.3 is 0 Å². The molecule has 0 spiro atoms. The van der Waals surface area contributed by atoms with E-state index in [1.54, 1.807) is 39.0 Å². The van der Waals surface area contributed by atoms with Crippen LogP contribution in [0.4, 0.5) is 11.4 Å². The largest absolute Gasteiger partial charge is 0.322 e. The van der Waals surface area contributed by atoms with Crippen LogP contribution < -0.4 is 5.32 Å². The summed E-state index contributed by atoms with van der Waals surface area (Å²) in [4.78, 5) is 23.6. The van der Waals surface area contributed by atoms with Gasteiger partial charge in [-0.15, -0.1) is 0 Å². The van der Waals surface area contributed by atoms with Crippen LogP contribution in [0.25, 0.3) is 0 Å². The first-order valence-electron chi connectivity index (χ1n) is 9.35. The molecule has 156 valence electrons. The highest BCUT2D eigenvalue weighted by molar-refractivity contribution is 7.89. The lowest BCUT2D eigenvalue weighted by Gasteiger charge is -2.19. The molecule has 0 radical (unpaired) electrons. The predicted octanol–water partition coefficient (Wildman–Crippen LogP) is 3.75. The number of hydrogen-bond acceptors (Lipinski definition) is 5. The molecule has 0 aromatic heterocycles. The first kappa shape index (κ1) is 22.5. The molecule has 29 heavy (non-hydrogen) atoms. The van der Waals surface area contributed by atoms with Gasteiger partial charge in [-0.05, 0) is 37.1 Å². The van der Waals surface area contributed by atoms with Gasteiger partial charge in [0.2, 0.25) is 10.0 Å². The molecule has 0 unspecified atom stereocenters. The van der Waals surface area contributed by atoms with E-state index in [4.69, 9.17) is 0 Å². The number of anilines is 1. The third kappa shape index (κ3) is 4.80. The van der Waals surface area contributed by atoms with E-state index in [1.807, 2.05) is 6.92 Å². The highest BCUT2D eigenvalue weighted by Crippen LogP contribution is 2.25. The zero-order chi connectivity index (χ0) is 21.8. The van der Waals surface area contributed by atoms with E-state index in [-0.39, 0.29) is 21.8 Å². The minimum absolute atomic E-state index is 0.0317. The number of nitrogens with one attached hydrogen (secondary N) is 1. The van der Waals surface area contributed by atoms with Crippen molar-refractivity contribution >= 4 is 27.3 Å². The fourth-order valence-corrected chi connectivity index (χ4v) is 4.51. The van der Waals surface area contributed by atoms with Crippen LogP contribution >= 0.6 is 0 Å². The highest BCUT2D eigenvalue weighted by atomic mass is 32.2. The molecule has 0 fully saturated rings. The molecule has 0 saturated carbocycles. The normalized spacial score (nSPS) is 11.5. The van der Waals surface area contributed by atoms with E-state index in [0.29, 0.717) is 30.6 Å². The van der Waals surface area contributed by atoms with Crippen molar-refractivity contribution in [1.82, 2.24) is 4.31 Å². The summed E-state index contributed by atoms with van der Waals surface area (Å²) in [5.41, 5.74) is 1.56. The van der Waals surface area contributed by atoms with Crippen molar-refractivity contribution in [3.63, 3.8) is 0 Å². The molecule has 2 rings (SSSR count). The minimum atomic E-state index is -3.71. The van der Waals surface area contributed by atoms with Gasteiger partial charge in [-0.1, -0.05) is 32.9 Å². The van der Waals surface area contributed by atoms with Crippen LogP contribution in [-0.4, -0.2) is 36.6 Å². The number of aryl methyl sites for hydroxylation is 2. The number of sulfonamides is 1. The van der Waals surface area contributed by atoms with Crippen molar-refractivity contribution in [3.8, 4) is 0 Å². The Labute approximate surface area is 170 Å². The zero-order valence-electron chi connectivity index (χ0n) is 16.9. The number of hydrogen-bond donors (Lipinski definition) is 1. The number of nitro groups is 1. The average molecular weight is 420 g/mol. The molecule has 0 aliphatic rings. The lowest BCUT2D eigenvalue weighted by atomic mass is 10.1. The fraction of sp³-hybridized carbons (Fsp3) is 0.350. The van der Waals surface area contributed by atoms with Crippen LogP contribution in [0.15, 0.2) is 41.3 Å². The van der Waals surface area contributed by atoms with Crippen LogP contribution in [0.5, 0.6) is 0 Å². The standard InChI is InChI=1S/C20H25N3O5S/c1-5-15-9-10-16(12-19(15)23(25)26)21-20(24)18-13-17(11-8-14(18)4)29(27,28)22(6-2)7-3/h8-13H,5-7H2,1-4H3,(H,21,24). The molecule has 0 saturated heterocycles. The number of nitrogens with zero attached hydrogens (tertiary/aromatic N) is 2. The lowest BCUT2D eigenvalue weighted by Crippen LogP contribution is -2.30. The van der Waals surface area contributed by atoms with Gasteiger partial charge in [0, 0.05) is 36.0 Å². The molecule has 8 nitrogen and oxygen atoms in total. The Morgan fingerprint density at radius 1 is 1.10 bits per heavy atom. The van der Waals surface area contributed by atoms with Crippen molar-refractivity contribution in [2.45, 2.75) is 39.0 Å². The van der Waals surface area contributed by atoms with Crippen LogP contribution in [0.3, 0.4) is 0 Å². The van der Waals surface area contributed by atoms with Crippen LogP contribution in [0.1, 0.15) is 42.3 Å². The quantitative estimate of drug-likeness (QED) is 0.518. The molecule has 0 heterocycles. The molecule has 0 atom stereocenters. The molecule has 1 amide bonds. The predicted molar refractivity (Wildman–Crippen MR) is 112 cm³/mol. The van der Waals surface area contributed by atoms with Crippen molar-refractivity contribution in [1.29, 1.82) is 0 Å². The molecule has 2 aromatic rings. The topological polar surface area (TPSA) is 110 Å². The number of amides is 1. The molecular weight excluding hydrogens is 394 g/mol. The van der Waals surface area contributed by atoms with Crippen LogP contribution in [0.2, 0.25) is 0 Å². The summed E-state index contributed by atoms with van der Waals surface area (Å²) in [5, 5.41) is 13.9. The van der Waals surface area contributed by atoms with Crippen molar-refractivity contribution < 1.29 is 18.1 Å². The number of carbonyl (C=O) groups excluding carboxylic acids is 1. The minimum Gasteiger partial charge on any atom is -0.322 e. The van der Waals surface area contributed by atoms with E-state index in [9.17, 15) is 23.3 Å². The highest BCUT2D eigenvalue weighted by Gasteiger charge is 2.24. The Balaban J connectivity index is 2.39. The van der Waals surface area contributed by atoms with Crippen molar-refractivity contribution in [2.75, 3.05) is 18.4 Å². The Hall–Kier alpha value is -2.78. The number of carbonyl (C=O) groups is 1. The van der Waals surface area contributed by atoms with Gasteiger partial charge in [0.25, 0.3) is 11.6 Å².